The summed E-state index contributed by atoms with van der Waals surface area (Å²) in [4.78, 5) is 0. The van der Waals surface area contributed by atoms with Crippen LogP contribution in [0.1, 0.15) is 12.6 Å². The molecule has 0 aliphatic carbocycles. The molecule has 0 saturated heterocycles. The number of benzene rings is 1. The molecule has 2 N–H and O–H groups in total. The van der Waals surface area contributed by atoms with Crippen molar-refractivity contribution in [2.24, 2.45) is 0 Å². The van der Waals surface area contributed by atoms with Crippen LogP contribution in [-0.2, 0) is 6.42 Å². The molecule has 0 radical (unpaired) electrons. The number of nitrogens with two attached hydrogens (primary N) is 1. The van der Waals surface area contributed by atoms with E-state index >= 15 is 0 Å². The maximum Gasteiger partial charge on any atom is 0.169 e. The van der Waals surface area contributed by atoms with Gasteiger partial charge in [0.2, 0.25) is 0 Å². The van der Waals surface area contributed by atoms with Gasteiger partial charge in [0.15, 0.2) is 5.82 Å². The fraction of sp³-hybridized carbons (Fsp3) is 0.200. The van der Waals surface area contributed by atoms with Crippen LogP contribution in [0.3, 0.4) is 0 Å². The van der Waals surface area contributed by atoms with Crippen LogP contribution < -0.4 is 5.73 Å². The fourth-order valence-corrected chi connectivity index (χ4v) is 1.90. The Balaban J connectivity index is 2.62. The number of aromatic nitrogens is 3. The van der Waals surface area contributed by atoms with Crippen molar-refractivity contribution in [2.75, 3.05) is 5.73 Å². The number of nitrogens with zero attached hydrogens (tertiary/aromatic N) is 3. The van der Waals surface area contributed by atoms with E-state index in [4.69, 9.17) is 5.73 Å². The van der Waals surface area contributed by atoms with E-state index in [0.717, 1.165) is 10.2 Å². The van der Waals surface area contributed by atoms with Crippen molar-refractivity contribution in [1.29, 1.82) is 0 Å². The highest BCUT2D eigenvalue weighted by Gasteiger charge is 2.12. The van der Waals surface area contributed by atoms with Gasteiger partial charge >= 0.3 is 0 Å². The highest BCUT2D eigenvalue weighted by atomic mass is 79.9. The highest BCUT2D eigenvalue weighted by molar-refractivity contribution is 9.10. The Hall–Kier alpha value is -1.43. The first-order valence-electron chi connectivity index (χ1n) is 4.79. The van der Waals surface area contributed by atoms with Crippen LogP contribution >= 0.6 is 15.9 Å². The van der Waals surface area contributed by atoms with Gasteiger partial charge in [0.05, 0.1) is 11.4 Å². The molecule has 0 fully saturated rings. The van der Waals surface area contributed by atoms with Crippen LogP contribution in [0, 0.1) is 5.82 Å². The summed E-state index contributed by atoms with van der Waals surface area (Å²) in [6.45, 7) is 1.94. The number of hydrogen-bond acceptors (Lipinski definition) is 3. The zero-order valence-corrected chi connectivity index (χ0v) is 10.2. The maximum absolute atomic E-state index is 13.2. The molecule has 0 aliphatic heterocycles. The van der Waals surface area contributed by atoms with Gasteiger partial charge in [0.1, 0.15) is 5.82 Å². The van der Waals surface area contributed by atoms with Crippen LogP contribution in [0.25, 0.3) is 5.69 Å². The van der Waals surface area contributed by atoms with Crippen LogP contribution in [0.15, 0.2) is 22.7 Å². The smallest absolute Gasteiger partial charge is 0.169 e. The number of rotatable bonds is 2. The second-order valence-electron chi connectivity index (χ2n) is 3.28. The van der Waals surface area contributed by atoms with Crippen molar-refractivity contribution >= 4 is 21.7 Å². The molecule has 0 bridgehead atoms. The van der Waals surface area contributed by atoms with Gasteiger partial charge in [-0.2, -0.15) is 0 Å². The molecule has 2 aromatic rings. The van der Waals surface area contributed by atoms with Gasteiger partial charge < -0.3 is 5.73 Å². The lowest BCUT2D eigenvalue weighted by molar-refractivity contribution is 0.623. The Labute approximate surface area is 100 Å². The topological polar surface area (TPSA) is 56.7 Å². The fourth-order valence-electron chi connectivity index (χ4n) is 1.49. The van der Waals surface area contributed by atoms with Crippen LogP contribution in [-0.4, -0.2) is 15.0 Å². The first-order chi connectivity index (χ1) is 7.63. The molecule has 0 saturated carbocycles. The first kappa shape index (κ1) is 11.1. The first-order valence-corrected chi connectivity index (χ1v) is 5.58. The van der Waals surface area contributed by atoms with Crippen LogP contribution in [0.4, 0.5) is 10.2 Å². The monoisotopic (exact) mass is 284 g/mol. The Morgan fingerprint density at radius 3 is 2.94 bits per heavy atom. The van der Waals surface area contributed by atoms with Gasteiger partial charge in [-0.1, -0.05) is 12.1 Å². The van der Waals surface area contributed by atoms with E-state index in [1.54, 1.807) is 10.7 Å². The molecular weight excluding hydrogens is 275 g/mol. The van der Waals surface area contributed by atoms with Gasteiger partial charge in [-0.05, 0) is 34.5 Å². The molecule has 2 rings (SSSR count). The molecule has 0 aliphatic rings. The van der Waals surface area contributed by atoms with E-state index in [1.165, 1.54) is 12.1 Å². The van der Waals surface area contributed by atoms with Crippen molar-refractivity contribution in [2.45, 2.75) is 13.3 Å². The Morgan fingerprint density at radius 1 is 1.50 bits per heavy atom. The second kappa shape index (κ2) is 4.21. The van der Waals surface area contributed by atoms with Crippen molar-refractivity contribution in [1.82, 2.24) is 15.0 Å². The normalized spacial score (nSPS) is 10.7. The van der Waals surface area contributed by atoms with Gasteiger partial charge in [0, 0.05) is 10.5 Å². The SMILES string of the molecule is CCc1c(N)nnn1-c1cc(F)ccc1Br. The number of anilines is 1. The summed E-state index contributed by atoms with van der Waals surface area (Å²) in [5.74, 6) is 0.0491. The zero-order chi connectivity index (χ0) is 11.7. The van der Waals surface area contributed by atoms with Crippen LogP contribution in [0.2, 0.25) is 0 Å². The molecule has 4 nitrogen and oxygen atoms in total. The van der Waals surface area contributed by atoms with Crippen molar-refractivity contribution < 1.29 is 4.39 Å². The Morgan fingerprint density at radius 2 is 2.25 bits per heavy atom. The van der Waals surface area contributed by atoms with Crippen molar-refractivity contribution in [3.8, 4) is 5.69 Å². The largest absolute Gasteiger partial charge is 0.381 e. The van der Waals surface area contributed by atoms with E-state index in [0.29, 0.717) is 17.9 Å². The van der Waals surface area contributed by atoms with E-state index in [2.05, 4.69) is 26.2 Å². The predicted octanol–water partition coefficient (Wildman–Crippen LogP) is 2.31. The van der Waals surface area contributed by atoms with Gasteiger partial charge in [-0.25, -0.2) is 9.07 Å². The van der Waals surface area contributed by atoms with Gasteiger partial charge in [-0.3, -0.25) is 0 Å². The third-order valence-corrected chi connectivity index (χ3v) is 2.94. The number of nitrogen functional groups attached to an aromatic ring is 1. The lowest BCUT2D eigenvalue weighted by Crippen LogP contribution is -2.04. The summed E-state index contributed by atoms with van der Waals surface area (Å²) >= 11 is 3.34. The highest BCUT2D eigenvalue weighted by Crippen LogP contribution is 2.24. The minimum absolute atomic E-state index is 0.325. The predicted molar refractivity (Wildman–Crippen MR) is 62.8 cm³/mol. The molecule has 0 spiro atoms. The lowest BCUT2D eigenvalue weighted by atomic mass is 10.3. The summed E-state index contributed by atoms with van der Waals surface area (Å²) in [6.07, 6.45) is 0.682. The van der Waals surface area contributed by atoms with E-state index in [1.807, 2.05) is 6.92 Å². The average molecular weight is 285 g/mol. The molecule has 0 unspecified atom stereocenters. The third-order valence-electron chi connectivity index (χ3n) is 2.26. The quantitative estimate of drug-likeness (QED) is 0.921. The van der Waals surface area contributed by atoms with E-state index in [-0.39, 0.29) is 5.82 Å². The van der Waals surface area contributed by atoms with Crippen LogP contribution in [0.5, 0.6) is 0 Å². The van der Waals surface area contributed by atoms with Crippen molar-refractivity contribution in [3.63, 3.8) is 0 Å². The standard InChI is InChI=1S/C10H10BrFN4/c1-2-8-10(13)14-15-16(8)9-5-6(12)3-4-7(9)11/h3-5H,2,13H2,1H3. The van der Waals surface area contributed by atoms with E-state index in [9.17, 15) is 4.39 Å². The number of hydrogen-bond donors (Lipinski definition) is 1. The second-order valence-corrected chi connectivity index (χ2v) is 4.14. The van der Waals surface area contributed by atoms with Gasteiger partial charge in [-0.15, -0.1) is 5.10 Å². The molecule has 1 aromatic carbocycles. The minimum Gasteiger partial charge on any atom is -0.381 e. The molecule has 0 atom stereocenters. The zero-order valence-electron chi connectivity index (χ0n) is 8.61. The molecule has 1 heterocycles. The Kier molecular flexibility index (Phi) is 2.91. The molecule has 1 aromatic heterocycles. The maximum atomic E-state index is 13.2. The molecule has 84 valence electrons. The lowest BCUT2D eigenvalue weighted by Gasteiger charge is -2.07. The summed E-state index contributed by atoms with van der Waals surface area (Å²) in [6, 6.07) is 4.39. The Bertz CT molecular complexity index is 524. The summed E-state index contributed by atoms with van der Waals surface area (Å²) in [7, 11) is 0. The summed E-state index contributed by atoms with van der Waals surface area (Å²) in [5, 5.41) is 7.69. The summed E-state index contributed by atoms with van der Waals surface area (Å²) in [5.41, 5.74) is 7.04. The molecule has 6 heteroatoms. The summed E-state index contributed by atoms with van der Waals surface area (Å²) < 4.78 is 15.4. The van der Waals surface area contributed by atoms with Crippen molar-refractivity contribution in [3.05, 3.63) is 34.2 Å². The van der Waals surface area contributed by atoms with Gasteiger partial charge in [0.25, 0.3) is 0 Å². The third kappa shape index (κ3) is 1.80. The molecule has 0 amide bonds. The number of halogens is 2. The average Bonchev–Trinajstić information content (AvgIpc) is 2.63. The molecular formula is C10H10BrFN4. The molecule has 16 heavy (non-hydrogen) atoms. The minimum atomic E-state index is -0.325. The van der Waals surface area contributed by atoms with E-state index < -0.39 is 0 Å².